The van der Waals surface area contributed by atoms with Crippen molar-refractivity contribution in [2.24, 2.45) is 0 Å². The fraction of sp³-hybridized carbons (Fsp3) is 0.250. The minimum absolute atomic E-state index is 0.000521. The molecule has 0 bridgehead atoms. The summed E-state index contributed by atoms with van der Waals surface area (Å²) in [5.74, 6) is -0.0813. The molecular formula is C12H14N4O2. The summed E-state index contributed by atoms with van der Waals surface area (Å²) >= 11 is 0. The Morgan fingerprint density at radius 1 is 1.33 bits per heavy atom. The summed E-state index contributed by atoms with van der Waals surface area (Å²) in [7, 11) is 0. The molecule has 1 aromatic carbocycles. The maximum absolute atomic E-state index is 11.6. The highest BCUT2D eigenvalue weighted by molar-refractivity contribution is 5.90. The Balaban J connectivity index is 1.83. The van der Waals surface area contributed by atoms with Crippen LogP contribution in [0.3, 0.4) is 0 Å². The lowest BCUT2D eigenvalue weighted by atomic mass is 10.2. The minimum atomic E-state index is -0.0813. The van der Waals surface area contributed by atoms with E-state index < -0.39 is 0 Å². The largest absolute Gasteiger partial charge is 0.392 e. The molecule has 0 spiro atoms. The molecule has 1 heterocycles. The van der Waals surface area contributed by atoms with E-state index in [1.807, 2.05) is 0 Å². The Morgan fingerprint density at radius 2 is 2.11 bits per heavy atom. The molecule has 0 aliphatic rings. The van der Waals surface area contributed by atoms with Crippen molar-refractivity contribution in [1.29, 1.82) is 0 Å². The molecule has 0 atom stereocenters. The SMILES string of the molecule is O=C(CCn1ccnn1)Nc1ccc(CO)cc1. The van der Waals surface area contributed by atoms with E-state index in [9.17, 15) is 4.79 Å². The van der Waals surface area contributed by atoms with Gasteiger partial charge in [0.05, 0.1) is 19.3 Å². The number of aliphatic hydroxyl groups excluding tert-OH is 1. The van der Waals surface area contributed by atoms with Crippen LogP contribution in [0, 0.1) is 0 Å². The third-order valence-corrected chi connectivity index (χ3v) is 2.46. The van der Waals surface area contributed by atoms with E-state index in [2.05, 4.69) is 15.6 Å². The number of amides is 1. The van der Waals surface area contributed by atoms with Crippen molar-refractivity contribution in [3.05, 3.63) is 42.2 Å². The quantitative estimate of drug-likeness (QED) is 0.817. The van der Waals surface area contributed by atoms with Crippen LogP contribution in [0.2, 0.25) is 0 Å². The number of benzene rings is 1. The smallest absolute Gasteiger partial charge is 0.226 e. The molecule has 0 aliphatic carbocycles. The fourth-order valence-corrected chi connectivity index (χ4v) is 1.49. The van der Waals surface area contributed by atoms with Gasteiger partial charge in [0.2, 0.25) is 5.91 Å². The van der Waals surface area contributed by atoms with Crippen molar-refractivity contribution in [1.82, 2.24) is 15.0 Å². The first-order chi connectivity index (χ1) is 8.78. The van der Waals surface area contributed by atoms with Gasteiger partial charge in [0.25, 0.3) is 0 Å². The molecule has 2 rings (SSSR count). The molecule has 0 saturated heterocycles. The number of hydrogen-bond donors (Lipinski definition) is 2. The third-order valence-electron chi connectivity index (χ3n) is 2.46. The highest BCUT2D eigenvalue weighted by Gasteiger charge is 2.03. The average molecular weight is 246 g/mol. The van der Waals surface area contributed by atoms with Crippen LogP contribution in [0.15, 0.2) is 36.7 Å². The predicted octanol–water partition coefficient (Wildman–Crippen LogP) is 0.799. The molecule has 0 radical (unpaired) electrons. The lowest BCUT2D eigenvalue weighted by Crippen LogP contribution is -2.14. The summed E-state index contributed by atoms with van der Waals surface area (Å²) < 4.78 is 1.61. The molecule has 0 unspecified atom stereocenters. The standard InChI is InChI=1S/C12H14N4O2/c17-9-10-1-3-11(4-2-10)14-12(18)5-7-16-8-6-13-15-16/h1-4,6,8,17H,5,7,9H2,(H,14,18). The molecule has 6 nitrogen and oxygen atoms in total. The van der Waals surface area contributed by atoms with Gasteiger partial charge in [-0.1, -0.05) is 17.3 Å². The molecule has 18 heavy (non-hydrogen) atoms. The number of aliphatic hydroxyl groups is 1. The Labute approximate surface area is 104 Å². The highest BCUT2D eigenvalue weighted by Crippen LogP contribution is 2.09. The first-order valence-corrected chi connectivity index (χ1v) is 5.61. The van der Waals surface area contributed by atoms with Gasteiger partial charge in [-0.15, -0.1) is 5.10 Å². The third kappa shape index (κ3) is 3.39. The first-order valence-electron chi connectivity index (χ1n) is 5.61. The number of carbonyl (C=O) groups excluding carboxylic acids is 1. The molecule has 2 N–H and O–H groups in total. The number of anilines is 1. The number of nitrogens with zero attached hydrogens (tertiary/aromatic N) is 3. The minimum Gasteiger partial charge on any atom is -0.392 e. The van der Waals surface area contributed by atoms with E-state index in [0.717, 1.165) is 11.3 Å². The predicted molar refractivity (Wildman–Crippen MR) is 65.6 cm³/mol. The summed E-state index contributed by atoms with van der Waals surface area (Å²) in [5.41, 5.74) is 1.53. The van der Waals surface area contributed by atoms with Gasteiger partial charge in [0.1, 0.15) is 0 Å². The molecule has 1 aromatic heterocycles. The zero-order valence-corrected chi connectivity index (χ0v) is 9.78. The second-order valence-electron chi connectivity index (χ2n) is 3.82. The number of nitrogens with one attached hydrogen (secondary N) is 1. The van der Waals surface area contributed by atoms with Crippen LogP contribution in [-0.4, -0.2) is 26.0 Å². The molecular weight excluding hydrogens is 232 g/mol. The lowest BCUT2D eigenvalue weighted by Gasteiger charge is -2.05. The number of hydrogen-bond acceptors (Lipinski definition) is 4. The van der Waals surface area contributed by atoms with Gasteiger partial charge in [-0.3, -0.25) is 9.48 Å². The number of aromatic nitrogens is 3. The Hall–Kier alpha value is -2.21. The summed E-state index contributed by atoms with van der Waals surface area (Å²) in [6.07, 6.45) is 3.62. The van der Waals surface area contributed by atoms with E-state index in [0.29, 0.717) is 13.0 Å². The maximum Gasteiger partial charge on any atom is 0.226 e. The second kappa shape index (κ2) is 5.92. The van der Waals surface area contributed by atoms with Crippen LogP contribution in [0.1, 0.15) is 12.0 Å². The van der Waals surface area contributed by atoms with Crippen LogP contribution >= 0.6 is 0 Å². The number of rotatable bonds is 5. The second-order valence-corrected chi connectivity index (χ2v) is 3.82. The number of carbonyl (C=O) groups is 1. The zero-order valence-electron chi connectivity index (χ0n) is 9.78. The summed E-state index contributed by atoms with van der Waals surface area (Å²) in [4.78, 5) is 11.6. The zero-order chi connectivity index (χ0) is 12.8. The summed E-state index contributed by atoms with van der Waals surface area (Å²) in [6.45, 7) is 0.501. The summed E-state index contributed by atoms with van der Waals surface area (Å²) in [6, 6.07) is 7.07. The molecule has 2 aromatic rings. The Morgan fingerprint density at radius 3 is 2.72 bits per heavy atom. The van der Waals surface area contributed by atoms with E-state index in [1.54, 1.807) is 41.3 Å². The van der Waals surface area contributed by atoms with Gasteiger partial charge < -0.3 is 10.4 Å². The summed E-state index contributed by atoms with van der Waals surface area (Å²) in [5, 5.41) is 19.1. The van der Waals surface area contributed by atoms with Crippen molar-refractivity contribution >= 4 is 11.6 Å². The fourth-order valence-electron chi connectivity index (χ4n) is 1.49. The van der Waals surface area contributed by atoms with E-state index in [-0.39, 0.29) is 12.5 Å². The molecule has 6 heteroatoms. The number of aryl methyl sites for hydroxylation is 1. The monoisotopic (exact) mass is 246 g/mol. The van der Waals surface area contributed by atoms with Gasteiger partial charge in [0, 0.05) is 18.3 Å². The normalized spacial score (nSPS) is 10.3. The van der Waals surface area contributed by atoms with E-state index >= 15 is 0 Å². The van der Waals surface area contributed by atoms with Crippen molar-refractivity contribution in [3.8, 4) is 0 Å². The van der Waals surface area contributed by atoms with Crippen molar-refractivity contribution in [2.45, 2.75) is 19.6 Å². The average Bonchev–Trinajstić information content (AvgIpc) is 2.90. The topological polar surface area (TPSA) is 80.0 Å². The van der Waals surface area contributed by atoms with Gasteiger partial charge in [-0.2, -0.15) is 0 Å². The van der Waals surface area contributed by atoms with Crippen molar-refractivity contribution in [2.75, 3.05) is 5.32 Å². The van der Waals surface area contributed by atoms with Gasteiger partial charge >= 0.3 is 0 Å². The van der Waals surface area contributed by atoms with Crippen molar-refractivity contribution < 1.29 is 9.90 Å². The van der Waals surface area contributed by atoms with Crippen molar-refractivity contribution in [3.63, 3.8) is 0 Å². The lowest BCUT2D eigenvalue weighted by molar-refractivity contribution is -0.116. The van der Waals surface area contributed by atoms with Crippen LogP contribution in [0.25, 0.3) is 0 Å². The van der Waals surface area contributed by atoms with Gasteiger partial charge in [-0.05, 0) is 17.7 Å². The first kappa shape index (κ1) is 12.3. The molecule has 0 aliphatic heterocycles. The van der Waals surface area contributed by atoms with Gasteiger partial charge in [0.15, 0.2) is 0 Å². The Bertz CT molecular complexity index is 493. The van der Waals surface area contributed by atoms with Crippen LogP contribution in [0.4, 0.5) is 5.69 Å². The van der Waals surface area contributed by atoms with Crippen LogP contribution < -0.4 is 5.32 Å². The molecule has 0 saturated carbocycles. The molecule has 0 fully saturated rings. The Kier molecular flexibility index (Phi) is 4.03. The van der Waals surface area contributed by atoms with Crippen LogP contribution in [-0.2, 0) is 17.9 Å². The maximum atomic E-state index is 11.6. The molecule has 94 valence electrons. The van der Waals surface area contributed by atoms with Crippen LogP contribution in [0.5, 0.6) is 0 Å². The molecule has 1 amide bonds. The highest BCUT2D eigenvalue weighted by atomic mass is 16.3. The van der Waals surface area contributed by atoms with E-state index in [1.165, 1.54) is 0 Å². The van der Waals surface area contributed by atoms with Gasteiger partial charge in [-0.25, -0.2) is 0 Å². The van der Waals surface area contributed by atoms with E-state index in [4.69, 9.17) is 5.11 Å².